The molecule has 1 aromatic rings. The Bertz CT molecular complexity index is 487. The Morgan fingerprint density at radius 3 is 2.95 bits per heavy atom. The standard InChI is InChI=1S/C12H19N5O3/c1-2-16(10-7-20-6-9(10)12(18)19)5-11-13-14-15-17(11)8-3-4-8/h8-10H,2-7H2,1H3,(H,18,19). The van der Waals surface area contributed by atoms with Gasteiger partial charge in [-0.25, -0.2) is 4.68 Å². The summed E-state index contributed by atoms with van der Waals surface area (Å²) >= 11 is 0. The van der Waals surface area contributed by atoms with Crippen LogP contribution in [0.2, 0.25) is 0 Å². The fourth-order valence-electron chi connectivity index (χ4n) is 2.70. The number of tetrazole rings is 1. The maximum Gasteiger partial charge on any atom is 0.310 e. The molecule has 2 aliphatic rings. The van der Waals surface area contributed by atoms with E-state index in [9.17, 15) is 9.90 Å². The van der Waals surface area contributed by atoms with Crippen molar-refractivity contribution in [1.82, 2.24) is 25.1 Å². The average Bonchev–Trinajstić information content (AvgIpc) is 2.99. The highest BCUT2D eigenvalue weighted by atomic mass is 16.5. The topological polar surface area (TPSA) is 93.4 Å². The summed E-state index contributed by atoms with van der Waals surface area (Å²) in [7, 11) is 0. The van der Waals surface area contributed by atoms with E-state index in [1.807, 2.05) is 11.6 Å². The van der Waals surface area contributed by atoms with Crippen molar-refractivity contribution < 1.29 is 14.6 Å². The largest absolute Gasteiger partial charge is 0.481 e. The Kier molecular flexibility index (Phi) is 3.66. The fraction of sp³-hybridized carbons (Fsp3) is 0.833. The number of ether oxygens (including phenoxy) is 1. The average molecular weight is 281 g/mol. The molecule has 0 aromatic carbocycles. The third-order valence-corrected chi connectivity index (χ3v) is 4.04. The molecule has 110 valence electrons. The highest BCUT2D eigenvalue weighted by molar-refractivity contribution is 5.71. The zero-order chi connectivity index (χ0) is 14.1. The van der Waals surface area contributed by atoms with Crippen LogP contribution >= 0.6 is 0 Å². The van der Waals surface area contributed by atoms with Gasteiger partial charge in [-0.2, -0.15) is 0 Å². The first-order valence-corrected chi connectivity index (χ1v) is 7.02. The van der Waals surface area contributed by atoms with Crippen LogP contribution in [0.3, 0.4) is 0 Å². The second-order valence-electron chi connectivity index (χ2n) is 5.38. The van der Waals surface area contributed by atoms with E-state index in [2.05, 4.69) is 20.4 Å². The van der Waals surface area contributed by atoms with Gasteiger partial charge in [0, 0.05) is 6.04 Å². The molecule has 8 heteroatoms. The monoisotopic (exact) mass is 281 g/mol. The summed E-state index contributed by atoms with van der Waals surface area (Å²) < 4.78 is 7.21. The van der Waals surface area contributed by atoms with Gasteiger partial charge in [0.1, 0.15) is 0 Å². The van der Waals surface area contributed by atoms with Gasteiger partial charge in [0.05, 0.1) is 31.7 Å². The lowest BCUT2D eigenvalue weighted by molar-refractivity contribution is -0.143. The van der Waals surface area contributed by atoms with Crippen molar-refractivity contribution >= 4 is 5.97 Å². The summed E-state index contributed by atoms with van der Waals surface area (Å²) in [5.41, 5.74) is 0. The molecule has 1 aliphatic heterocycles. The molecule has 2 heterocycles. The number of nitrogens with zero attached hydrogens (tertiary/aromatic N) is 5. The SMILES string of the molecule is CCN(Cc1nnnn1C1CC1)C1COCC1C(=O)O. The summed E-state index contributed by atoms with van der Waals surface area (Å²) in [6, 6.07) is 0.315. The van der Waals surface area contributed by atoms with E-state index in [0.29, 0.717) is 19.2 Å². The van der Waals surface area contributed by atoms with E-state index < -0.39 is 11.9 Å². The predicted octanol–water partition coefficient (Wildman–Crippen LogP) is -0.0705. The molecule has 2 unspecified atom stereocenters. The molecule has 8 nitrogen and oxygen atoms in total. The van der Waals surface area contributed by atoms with Gasteiger partial charge in [-0.3, -0.25) is 9.69 Å². The molecule has 2 fully saturated rings. The molecule has 2 atom stereocenters. The van der Waals surface area contributed by atoms with Crippen LogP contribution in [0.4, 0.5) is 0 Å². The van der Waals surface area contributed by atoms with Gasteiger partial charge in [0.2, 0.25) is 0 Å². The Labute approximate surface area is 116 Å². The molecule has 0 spiro atoms. The normalized spacial score (nSPS) is 26.3. The van der Waals surface area contributed by atoms with Crippen LogP contribution in [0.25, 0.3) is 0 Å². The van der Waals surface area contributed by atoms with Crippen LogP contribution in [0.15, 0.2) is 0 Å². The highest BCUT2D eigenvalue weighted by Crippen LogP contribution is 2.34. The number of carboxylic acid groups (broad SMARTS) is 1. The smallest absolute Gasteiger partial charge is 0.310 e. The summed E-state index contributed by atoms with van der Waals surface area (Å²) in [4.78, 5) is 13.4. The van der Waals surface area contributed by atoms with E-state index in [1.165, 1.54) is 0 Å². The van der Waals surface area contributed by atoms with Crippen LogP contribution in [0, 0.1) is 5.92 Å². The number of likely N-dealkylation sites (N-methyl/N-ethyl adjacent to an activating group) is 1. The third-order valence-electron chi connectivity index (χ3n) is 4.04. The highest BCUT2D eigenvalue weighted by Gasteiger charge is 2.38. The van der Waals surface area contributed by atoms with Crippen molar-refractivity contribution in [2.75, 3.05) is 19.8 Å². The second kappa shape index (κ2) is 5.45. The van der Waals surface area contributed by atoms with E-state index in [-0.39, 0.29) is 12.6 Å². The molecule has 0 amide bonds. The Balaban J connectivity index is 1.73. The van der Waals surface area contributed by atoms with Crippen LogP contribution < -0.4 is 0 Å². The number of hydrogen-bond donors (Lipinski definition) is 1. The minimum absolute atomic E-state index is 0.109. The third kappa shape index (κ3) is 2.53. The molecule has 3 rings (SSSR count). The first kappa shape index (κ1) is 13.4. The van der Waals surface area contributed by atoms with E-state index in [4.69, 9.17) is 4.74 Å². The maximum atomic E-state index is 11.3. The lowest BCUT2D eigenvalue weighted by Crippen LogP contribution is -2.43. The summed E-state index contributed by atoms with van der Waals surface area (Å²) in [6.07, 6.45) is 2.24. The van der Waals surface area contributed by atoms with Gasteiger partial charge in [-0.15, -0.1) is 5.10 Å². The van der Waals surface area contributed by atoms with E-state index in [1.54, 1.807) is 0 Å². The zero-order valence-corrected chi connectivity index (χ0v) is 11.5. The lowest BCUT2D eigenvalue weighted by Gasteiger charge is -2.28. The van der Waals surface area contributed by atoms with Gasteiger partial charge >= 0.3 is 5.97 Å². The Morgan fingerprint density at radius 2 is 2.30 bits per heavy atom. The molecule has 1 saturated carbocycles. The van der Waals surface area contributed by atoms with Crippen molar-refractivity contribution in [3.8, 4) is 0 Å². The van der Waals surface area contributed by atoms with Crippen molar-refractivity contribution in [3.63, 3.8) is 0 Å². The molecule has 1 aliphatic carbocycles. The molecule has 20 heavy (non-hydrogen) atoms. The van der Waals surface area contributed by atoms with Crippen molar-refractivity contribution in [2.45, 2.75) is 38.4 Å². The van der Waals surface area contributed by atoms with Crippen LogP contribution in [0.1, 0.15) is 31.6 Å². The summed E-state index contributed by atoms with van der Waals surface area (Å²) in [5.74, 6) is -0.460. The van der Waals surface area contributed by atoms with Crippen LogP contribution in [-0.4, -0.2) is 62.0 Å². The summed E-state index contributed by atoms with van der Waals surface area (Å²) in [6.45, 7) is 4.06. The maximum absolute atomic E-state index is 11.3. The molecular weight excluding hydrogens is 262 g/mol. The number of carbonyl (C=O) groups is 1. The number of aliphatic carboxylic acids is 1. The number of aromatic nitrogens is 4. The first-order chi connectivity index (χ1) is 9.70. The molecule has 0 radical (unpaired) electrons. The van der Waals surface area contributed by atoms with Crippen LogP contribution in [0.5, 0.6) is 0 Å². The fourth-order valence-corrected chi connectivity index (χ4v) is 2.70. The van der Waals surface area contributed by atoms with Gasteiger partial charge in [-0.1, -0.05) is 6.92 Å². The molecule has 1 saturated heterocycles. The first-order valence-electron chi connectivity index (χ1n) is 7.02. The second-order valence-corrected chi connectivity index (χ2v) is 5.38. The molecule has 1 N–H and O–H groups in total. The molecular formula is C12H19N5O3. The molecule has 1 aromatic heterocycles. The van der Waals surface area contributed by atoms with Crippen molar-refractivity contribution in [1.29, 1.82) is 0 Å². The predicted molar refractivity (Wildman–Crippen MR) is 67.9 cm³/mol. The minimum atomic E-state index is -0.798. The molecule has 0 bridgehead atoms. The van der Waals surface area contributed by atoms with Gasteiger partial charge < -0.3 is 9.84 Å². The Hall–Kier alpha value is -1.54. The number of hydrogen-bond acceptors (Lipinski definition) is 6. The van der Waals surface area contributed by atoms with Crippen molar-refractivity contribution in [2.24, 2.45) is 5.92 Å². The Morgan fingerprint density at radius 1 is 1.50 bits per heavy atom. The lowest BCUT2D eigenvalue weighted by atomic mass is 10.0. The van der Waals surface area contributed by atoms with Crippen LogP contribution in [-0.2, 0) is 16.1 Å². The van der Waals surface area contributed by atoms with E-state index >= 15 is 0 Å². The van der Waals surface area contributed by atoms with Crippen molar-refractivity contribution in [3.05, 3.63) is 5.82 Å². The number of carboxylic acids is 1. The quantitative estimate of drug-likeness (QED) is 0.780. The summed E-state index contributed by atoms with van der Waals surface area (Å²) in [5, 5.41) is 21.1. The van der Waals surface area contributed by atoms with E-state index in [0.717, 1.165) is 25.2 Å². The van der Waals surface area contributed by atoms with Gasteiger partial charge in [0.15, 0.2) is 5.82 Å². The minimum Gasteiger partial charge on any atom is -0.481 e. The number of rotatable bonds is 6. The zero-order valence-electron chi connectivity index (χ0n) is 11.5. The van der Waals surface area contributed by atoms with Gasteiger partial charge in [0.25, 0.3) is 0 Å². The van der Waals surface area contributed by atoms with Gasteiger partial charge in [-0.05, 0) is 29.8 Å².